The molecule has 2 amide bonds. The van der Waals surface area contributed by atoms with Crippen LogP contribution in [0.4, 0.5) is 5.69 Å². The van der Waals surface area contributed by atoms with E-state index in [1.807, 2.05) is 0 Å². The summed E-state index contributed by atoms with van der Waals surface area (Å²) < 4.78 is 0. The van der Waals surface area contributed by atoms with Crippen molar-refractivity contribution < 1.29 is 19.8 Å². The Morgan fingerprint density at radius 1 is 1.31 bits per heavy atom. The van der Waals surface area contributed by atoms with Crippen LogP contribution in [0.3, 0.4) is 0 Å². The predicted molar refractivity (Wildman–Crippen MR) is 93.6 cm³/mol. The van der Waals surface area contributed by atoms with Gasteiger partial charge in [0.15, 0.2) is 0 Å². The number of nitrogens with one attached hydrogen (secondary N) is 2. The highest BCUT2D eigenvalue weighted by Gasteiger charge is 2.15. The fourth-order valence-corrected chi connectivity index (χ4v) is 2.25. The zero-order valence-electron chi connectivity index (χ0n) is 13.4. The number of pyridine rings is 1. The second-order valence-corrected chi connectivity index (χ2v) is 5.70. The molecule has 9 heteroatoms. The predicted octanol–water partition coefficient (Wildman–Crippen LogP) is 1.24. The van der Waals surface area contributed by atoms with Crippen molar-refractivity contribution >= 4 is 29.1 Å². The zero-order chi connectivity index (χ0) is 19.1. The Hall–Kier alpha value is -3.15. The number of aliphatic hydroxyl groups is 1. The van der Waals surface area contributed by atoms with E-state index in [9.17, 15) is 14.7 Å². The number of phenolic OH excluding ortho intramolecular Hbond substituents is 1. The SMILES string of the molecule is N#CC(CO)NC(=O)c1cc(NC(=O)Cc2cc(Cl)ccc2O)ccn1. The van der Waals surface area contributed by atoms with Crippen molar-refractivity contribution in [2.75, 3.05) is 11.9 Å². The summed E-state index contributed by atoms with van der Waals surface area (Å²) in [6.07, 6.45) is 1.21. The minimum absolute atomic E-state index is 0.0258. The van der Waals surface area contributed by atoms with Crippen LogP contribution < -0.4 is 10.6 Å². The number of rotatable bonds is 6. The first-order valence-electron chi connectivity index (χ1n) is 7.47. The van der Waals surface area contributed by atoms with Crippen molar-refractivity contribution in [1.29, 1.82) is 5.26 Å². The molecule has 2 rings (SSSR count). The second kappa shape index (κ2) is 8.80. The van der Waals surface area contributed by atoms with Crippen LogP contribution in [0.5, 0.6) is 5.75 Å². The van der Waals surface area contributed by atoms with Crippen LogP contribution in [0.2, 0.25) is 5.02 Å². The largest absolute Gasteiger partial charge is 0.508 e. The topological polar surface area (TPSA) is 135 Å². The Bertz CT molecular complexity index is 866. The fourth-order valence-electron chi connectivity index (χ4n) is 2.06. The van der Waals surface area contributed by atoms with Crippen LogP contribution in [0.15, 0.2) is 36.5 Å². The number of carbonyl (C=O) groups excluding carboxylic acids is 2. The molecule has 0 spiro atoms. The highest BCUT2D eigenvalue weighted by molar-refractivity contribution is 6.30. The van der Waals surface area contributed by atoms with Gasteiger partial charge in [0.2, 0.25) is 5.91 Å². The lowest BCUT2D eigenvalue weighted by atomic mass is 10.1. The average Bonchev–Trinajstić information content (AvgIpc) is 2.62. The number of hydrogen-bond acceptors (Lipinski definition) is 6. The lowest BCUT2D eigenvalue weighted by Gasteiger charge is -2.10. The van der Waals surface area contributed by atoms with E-state index in [0.717, 1.165) is 0 Å². The van der Waals surface area contributed by atoms with Crippen molar-refractivity contribution in [3.8, 4) is 11.8 Å². The van der Waals surface area contributed by atoms with Crippen LogP contribution in [-0.2, 0) is 11.2 Å². The molecule has 0 aliphatic rings. The monoisotopic (exact) mass is 374 g/mol. The maximum atomic E-state index is 12.1. The maximum absolute atomic E-state index is 12.1. The molecule has 2 aromatic rings. The summed E-state index contributed by atoms with van der Waals surface area (Å²) in [6.45, 7) is -0.526. The molecule has 4 N–H and O–H groups in total. The van der Waals surface area contributed by atoms with Gasteiger partial charge in [-0.1, -0.05) is 11.6 Å². The molecule has 134 valence electrons. The third-order valence-corrected chi connectivity index (χ3v) is 3.55. The summed E-state index contributed by atoms with van der Waals surface area (Å²) in [5, 5.41) is 32.7. The van der Waals surface area contributed by atoms with E-state index < -0.39 is 24.5 Å². The van der Waals surface area contributed by atoms with E-state index in [2.05, 4.69) is 15.6 Å². The Kier molecular flexibility index (Phi) is 6.49. The van der Waals surface area contributed by atoms with Gasteiger partial charge in [-0.2, -0.15) is 5.26 Å². The molecule has 1 aromatic heterocycles. The van der Waals surface area contributed by atoms with Crippen molar-refractivity contribution in [2.45, 2.75) is 12.5 Å². The number of halogens is 1. The Balaban J connectivity index is 2.06. The minimum atomic E-state index is -1.05. The van der Waals surface area contributed by atoms with Crippen LogP contribution in [-0.4, -0.2) is 39.7 Å². The number of aromatic hydroxyl groups is 1. The molecular weight excluding hydrogens is 360 g/mol. The van der Waals surface area contributed by atoms with Gasteiger partial charge in [0, 0.05) is 22.5 Å². The molecule has 0 aliphatic carbocycles. The van der Waals surface area contributed by atoms with Crippen molar-refractivity contribution in [3.63, 3.8) is 0 Å². The van der Waals surface area contributed by atoms with Crippen LogP contribution in [0.1, 0.15) is 16.1 Å². The number of nitriles is 1. The molecule has 1 atom stereocenters. The van der Waals surface area contributed by atoms with Gasteiger partial charge in [-0.3, -0.25) is 14.6 Å². The number of nitrogens with zero attached hydrogens (tertiary/aromatic N) is 2. The van der Waals surface area contributed by atoms with Gasteiger partial charge in [-0.15, -0.1) is 0 Å². The smallest absolute Gasteiger partial charge is 0.271 e. The first kappa shape index (κ1) is 19.2. The van der Waals surface area contributed by atoms with Crippen LogP contribution >= 0.6 is 11.6 Å². The summed E-state index contributed by atoms with van der Waals surface area (Å²) in [4.78, 5) is 28.0. The van der Waals surface area contributed by atoms with Gasteiger partial charge in [-0.25, -0.2) is 0 Å². The number of benzene rings is 1. The number of anilines is 1. The van der Waals surface area contributed by atoms with E-state index in [0.29, 0.717) is 16.3 Å². The number of aromatic nitrogens is 1. The molecule has 8 nitrogen and oxygen atoms in total. The number of hydrogen-bond donors (Lipinski definition) is 4. The minimum Gasteiger partial charge on any atom is -0.508 e. The zero-order valence-corrected chi connectivity index (χ0v) is 14.2. The Morgan fingerprint density at radius 3 is 2.77 bits per heavy atom. The highest BCUT2D eigenvalue weighted by atomic mass is 35.5. The first-order valence-corrected chi connectivity index (χ1v) is 7.85. The molecule has 0 bridgehead atoms. The molecule has 0 saturated heterocycles. The van der Waals surface area contributed by atoms with Crippen LogP contribution in [0.25, 0.3) is 0 Å². The van der Waals surface area contributed by atoms with E-state index >= 15 is 0 Å². The Labute approximate surface area is 154 Å². The summed E-state index contributed by atoms with van der Waals surface area (Å²) in [5.74, 6) is -1.13. The first-order chi connectivity index (χ1) is 12.4. The van der Waals surface area contributed by atoms with Crippen molar-refractivity contribution in [1.82, 2.24) is 10.3 Å². The lowest BCUT2D eigenvalue weighted by molar-refractivity contribution is -0.115. The number of carbonyl (C=O) groups is 2. The Morgan fingerprint density at radius 2 is 2.08 bits per heavy atom. The van der Waals surface area contributed by atoms with Gasteiger partial charge in [0.1, 0.15) is 17.5 Å². The third-order valence-electron chi connectivity index (χ3n) is 3.31. The average molecular weight is 375 g/mol. The van der Waals surface area contributed by atoms with Gasteiger partial charge in [0.05, 0.1) is 19.1 Å². The number of phenols is 1. The molecule has 1 unspecified atom stereocenters. The van der Waals surface area contributed by atoms with Gasteiger partial charge in [-0.05, 0) is 30.3 Å². The summed E-state index contributed by atoms with van der Waals surface area (Å²) in [7, 11) is 0. The molecular formula is C17H15ClN4O4. The molecule has 0 radical (unpaired) electrons. The summed E-state index contributed by atoms with van der Waals surface area (Å²) >= 11 is 5.85. The standard InChI is InChI=1S/C17H15ClN4O4/c18-11-1-2-15(24)10(5-11)6-16(25)21-12-3-4-20-14(7-12)17(26)22-13(8-19)9-23/h1-5,7,13,23-24H,6,9H2,(H,22,26)(H,20,21,25). The van der Waals surface area contributed by atoms with Gasteiger partial charge in [0.25, 0.3) is 5.91 Å². The summed E-state index contributed by atoms with van der Waals surface area (Å²) in [6, 6.07) is 7.88. The van der Waals surface area contributed by atoms with E-state index in [4.69, 9.17) is 22.0 Å². The second-order valence-electron chi connectivity index (χ2n) is 5.27. The van der Waals surface area contributed by atoms with Gasteiger partial charge < -0.3 is 20.8 Å². The molecule has 0 aliphatic heterocycles. The molecule has 0 saturated carbocycles. The highest BCUT2D eigenvalue weighted by Crippen LogP contribution is 2.22. The van der Waals surface area contributed by atoms with E-state index in [1.54, 1.807) is 6.07 Å². The fraction of sp³-hybridized carbons (Fsp3) is 0.176. The quantitative estimate of drug-likeness (QED) is 0.600. The molecule has 26 heavy (non-hydrogen) atoms. The van der Waals surface area contributed by atoms with E-state index in [1.165, 1.54) is 36.5 Å². The summed E-state index contributed by atoms with van der Waals surface area (Å²) in [5.41, 5.74) is 0.651. The van der Waals surface area contributed by atoms with Crippen molar-refractivity contribution in [2.24, 2.45) is 0 Å². The van der Waals surface area contributed by atoms with Crippen LogP contribution in [0, 0.1) is 11.3 Å². The normalized spacial score (nSPS) is 11.3. The van der Waals surface area contributed by atoms with Gasteiger partial charge >= 0.3 is 0 Å². The lowest BCUT2D eigenvalue weighted by Crippen LogP contribution is -2.36. The van der Waals surface area contributed by atoms with E-state index in [-0.39, 0.29) is 17.9 Å². The third kappa shape index (κ3) is 5.17. The molecule has 0 fully saturated rings. The number of aliphatic hydroxyl groups excluding tert-OH is 1. The molecule has 1 aromatic carbocycles. The maximum Gasteiger partial charge on any atom is 0.271 e. The van der Waals surface area contributed by atoms with Crippen molar-refractivity contribution in [3.05, 3.63) is 52.8 Å². The number of amides is 2. The molecule has 1 heterocycles.